The molecule has 0 aliphatic carbocycles. The first kappa shape index (κ1) is 17.2. The highest BCUT2D eigenvalue weighted by Gasteiger charge is 2.10. The number of hydrogen-bond donors (Lipinski definition) is 1. The first-order valence-corrected chi connectivity index (χ1v) is 7.91. The predicted octanol–water partition coefficient (Wildman–Crippen LogP) is 1.55. The molecule has 0 spiro atoms. The molecular formula is C17H16N6O3. The Labute approximate surface area is 149 Å². The lowest BCUT2D eigenvalue weighted by molar-refractivity contribution is -0.117. The van der Waals surface area contributed by atoms with Crippen LogP contribution in [0.15, 0.2) is 48.8 Å². The summed E-state index contributed by atoms with van der Waals surface area (Å²) in [6.45, 7) is 1.96. The molecule has 2 aromatic heterocycles. The van der Waals surface area contributed by atoms with Crippen molar-refractivity contribution in [3.8, 4) is 11.4 Å². The summed E-state index contributed by atoms with van der Waals surface area (Å²) in [6.07, 6.45) is 3.26. The number of nitrogens with one attached hydrogen (secondary N) is 1. The molecule has 0 radical (unpaired) electrons. The number of nitrogens with zero attached hydrogens (tertiary/aromatic N) is 5. The van der Waals surface area contributed by atoms with Crippen LogP contribution in [0.4, 0.5) is 5.69 Å². The van der Waals surface area contributed by atoms with E-state index in [1.165, 1.54) is 4.80 Å². The van der Waals surface area contributed by atoms with Crippen LogP contribution in [0.5, 0.6) is 0 Å². The van der Waals surface area contributed by atoms with Crippen molar-refractivity contribution in [2.24, 2.45) is 0 Å². The van der Waals surface area contributed by atoms with Crippen molar-refractivity contribution in [2.75, 3.05) is 11.9 Å². The molecule has 0 atom stereocenters. The Morgan fingerprint density at radius 1 is 1.19 bits per heavy atom. The first-order valence-electron chi connectivity index (χ1n) is 7.91. The monoisotopic (exact) mass is 352 g/mol. The average molecular weight is 352 g/mol. The Balaban J connectivity index is 1.59. The topological polar surface area (TPSA) is 112 Å². The molecule has 0 unspecified atom stereocenters. The van der Waals surface area contributed by atoms with Gasteiger partial charge < -0.3 is 10.1 Å². The van der Waals surface area contributed by atoms with Crippen molar-refractivity contribution in [1.29, 1.82) is 0 Å². The van der Waals surface area contributed by atoms with Gasteiger partial charge in [-0.2, -0.15) is 4.80 Å². The normalized spacial score (nSPS) is 10.3. The number of aromatic nitrogens is 5. The number of amides is 1. The van der Waals surface area contributed by atoms with E-state index in [0.29, 0.717) is 29.2 Å². The summed E-state index contributed by atoms with van der Waals surface area (Å²) in [5, 5.41) is 14.6. The largest absolute Gasteiger partial charge is 0.462 e. The van der Waals surface area contributed by atoms with Crippen LogP contribution in [0.1, 0.15) is 17.3 Å². The van der Waals surface area contributed by atoms with Crippen LogP contribution in [-0.4, -0.2) is 43.7 Å². The minimum absolute atomic E-state index is 0.0904. The van der Waals surface area contributed by atoms with Crippen LogP contribution in [0.25, 0.3) is 11.4 Å². The number of rotatable bonds is 6. The number of pyridine rings is 1. The molecular weight excluding hydrogens is 336 g/mol. The summed E-state index contributed by atoms with van der Waals surface area (Å²) in [5.41, 5.74) is 1.69. The van der Waals surface area contributed by atoms with Gasteiger partial charge in [-0.05, 0) is 48.5 Å². The van der Waals surface area contributed by atoms with Gasteiger partial charge in [0.2, 0.25) is 11.7 Å². The summed E-state index contributed by atoms with van der Waals surface area (Å²) in [6, 6.07) is 9.99. The van der Waals surface area contributed by atoms with Gasteiger partial charge >= 0.3 is 5.97 Å². The minimum Gasteiger partial charge on any atom is -0.462 e. The zero-order chi connectivity index (χ0) is 18.4. The third-order valence-electron chi connectivity index (χ3n) is 3.34. The molecule has 1 aromatic carbocycles. The van der Waals surface area contributed by atoms with Gasteiger partial charge in [-0.15, -0.1) is 10.2 Å². The van der Waals surface area contributed by atoms with Gasteiger partial charge in [-0.1, -0.05) is 0 Å². The highest BCUT2D eigenvalue weighted by Crippen LogP contribution is 2.12. The maximum atomic E-state index is 12.1. The molecule has 1 N–H and O–H groups in total. The summed E-state index contributed by atoms with van der Waals surface area (Å²) in [7, 11) is 0. The standard InChI is InChI=1S/C17H16N6O3/c1-2-26-17(25)12-5-7-14(8-6-12)19-15(24)11-23-21-16(20-22-23)13-4-3-9-18-10-13/h3-10H,2,11H2,1H3,(H,19,24). The van der Waals surface area contributed by atoms with Crippen LogP contribution in [0, 0.1) is 0 Å². The number of anilines is 1. The molecule has 0 bridgehead atoms. The zero-order valence-corrected chi connectivity index (χ0v) is 14.0. The lowest BCUT2D eigenvalue weighted by Crippen LogP contribution is -2.20. The van der Waals surface area contributed by atoms with E-state index in [2.05, 4.69) is 25.7 Å². The highest BCUT2D eigenvalue weighted by molar-refractivity contribution is 5.92. The molecule has 3 aromatic rings. The fraction of sp³-hybridized carbons (Fsp3) is 0.176. The number of esters is 1. The molecule has 0 fully saturated rings. The zero-order valence-electron chi connectivity index (χ0n) is 14.0. The second kappa shape index (κ2) is 7.97. The predicted molar refractivity (Wildman–Crippen MR) is 92.1 cm³/mol. The van der Waals surface area contributed by atoms with Crippen LogP contribution in [0.3, 0.4) is 0 Å². The van der Waals surface area contributed by atoms with Gasteiger partial charge in [0.15, 0.2) is 0 Å². The molecule has 26 heavy (non-hydrogen) atoms. The molecule has 132 valence electrons. The molecule has 0 saturated carbocycles. The van der Waals surface area contributed by atoms with Crippen LogP contribution < -0.4 is 5.32 Å². The second-order valence-electron chi connectivity index (χ2n) is 5.23. The molecule has 9 heteroatoms. The van der Waals surface area contributed by atoms with Crippen molar-refractivity contribution < 1.29 is 14.3 Å². The number of carbonyl (C=O) groups is 2. The van der Waals surface area contributed by atoms with Crippen LogP contribution in [0.2, 0.25) is 0 Å². The Hall–Kier alpha value is -3.62. The van der Waals surface area contributed by atoms with Gasteiger partial charge in [0.1, 0.15) is 6.54 Å². The van der Waals surface area contributed by atoms with E-state index in [1.54, 1.807) is 55.7 Å². The molecule has 9 nitrogen and oxygen atoms in total. The molecule has 0 saturated heterocycles. The lowest BCUT2D eigenvalue weighted by atomic mass is 10.2. The van der Waals surface area contributed by atoms with Crippen molar-refractivity contribution in [3.05, 3.63) is 54.4 Å². The van der Waals surface area contributed by atoms with Crippen molar-refractivity contribution in [2.45, 2.75) is 13.5 Å². The van der Waals surface area contributed by atoms with Crippen molar-refractivity contribution in [1.82, 2.24) is 25.2 Å². The molecule has 0 aliphatic rings. The van der Waals surface area contributed by atoms with Crippen molar-refractivity contribution >= 4 is 17.6 Å². The van der Waals surface area contributed by atoms with E-state index in [4.69, 9.17) is 4.74 Å². The number of hydrogen-bond acceptors (Lipinski definition) is 7. The van der Waals surface area contributed by atoms with Gasteiger partial charge in [-0.25, -0.2) is 4.79 Å². The highest BCUT2D eigenvalue weighted by atomic mass is 16.5. The Kier molecular flexibility index (Phi) is 5.28. The van der Waals surface area contributed by atoms with E-state index in [9.17, 15) is 9.59 Å². The maximum absolute atomic E-state index is 12.1. The third kappa shape index (κ3) is 4.26. The number of benzene rings is 1. The van der Waals surface area contributed by atoms with Crippen LogP contribution in [-0.2, 0) is 16.1 Å². The van der Waals surface area contributed by atoms with E-state index < -0.39 is 5.97 Å². The summed E-state index contributed by atoms with van der Waals surface area (Å²) < 4.78 is 4.91. The third-order valence-corrected chi connectivity index (χ3v) is 3.34. The Morgan fingerprint density at radius 3 is 2.69 bits per heavy atom. The van der Waals surface area contributed by atoms with E-state index in [0.717, 1.165) is 0 Å². The molecule has 3 rings (SSSR count). The SMILES string of the molecule is CCOC(=O)c1ccc(NC(=O)Cn2nnc(-c3cccnc3)n2)cc1. The molecule has 0 aliphatic heterocycles. The first-order chi connectivity index (χ1) is 12.7. The number of ether oxygens (including phenoxy) is 1. The van der Waals surface area contributed by atoms with Crippen LogP contribution >= 0.6 is 0 Å². The smallest absolute Gasteiger partial charge is 0.338 e. The lowest BCUT2D eigenvalue weighted by Gasteiger charge is -2.06. The van der Waals surface area contributed by atoms with E-state index >= 15 is 0 Å². The van der Waals surface area contributed by atoms with E-state index in [-0.39, 0.29) is 12.5 Å². The fourth-order valence-electron chi connectivity index (χ4n) is 2.15. The summed E-state index contributed by atoms with van der Waals surface area (Å²) in [4.78, 5) is 28.9. The van der Waals surface area contributed by atoms with Gasteiger partial charge in [0.05, 0.1) is 12.2 Å². The summed E-state index contributed by atoms with van der Waals surface area (Å²) >= 11 is 0. The van der Waals surface area contributed by atoms with Gasteiger partial charge in [-0.3, -0.25) is 9.78 Å². The molecule has 1 amide bonds. The molecule has 2 heterocycles. The second-order valence-corrected chi connectivity index (χ2v) is 5.23. The van der Waals surface area contributed by atoms with E-state index in [1.807, 2.05) is 0 Å². The number of tetrazole rings is 1. The van der Waals surface area contributed by atoms with Gasteiger partial charge in [0, 0.05) is 23.6 Å². The quantitative estimate of drug-likeness (QED) is 0.670. The summed E-state index contributed by atoms with van der Waals surface area (Å²) in [5.74, 6) is -0.325. The minimum atomic E-state index is -0.403. The van der Waals surface area contributed by atoms with Gasteiger partial charge in [0.25, 0.3) is 0 Å². The number of carbonyl (C=O) groups excluding carboxylic acids is 2. The Bertz CT molecular complexity index is 892. The van der Waals surface area contributed by atoms with Crippen molar-refractivity contribution in [3.63, 3.8) is 0 Å². The average Bonchev–Trinajstić information content (AvgIpc) is 3.11. The fourth-order valence-corrected chi connectivity index (χ4v) is 2.15. The maximum Gasteiger partial charge on any atom is 0.338 e. The Morgan fingerprint density at radius 2 is 2.00 bits per heavy atom.